The molecule has 0 unspecified atom stereocenters. The molecule has 3 nitrogen and oxygen atoms in total. The summed E-state index contributed by atoms with van der Waals surface area (Å²) in [5.74, 6) is 4.80. The van der Waals surface area contributed by atoms with Crippen LogP contribution in [-0.2, 0) is 5.41 Å². The fourth-order valence-corrected chi connectivity index (χ4v) is 5.54. The SMILES string of the molecule is CC(C)c1ncc(C23CC4CC(CC(C4)C2)C3)c(N)n1. The number of hydrogen-bond donors (Lipinski definition) is 1. The largest absolute Gasteiger partial charge is 0.383 e. The molecule has 4 bridgehead atoms. The van der Waals surface area contributed by atoms with E-state index in [2.05, 4.69) is 30.0 Å². The molecule has 0 radical (unpaired) electrons. The third-order valence-electron chi connectivity index (χ3n) is 5.96. The first kappa shape index (κ1) is 12.6. The summed E-state index contributed by atoms with van der Waals surface area (Å²) in [6.45, 7) is 4.25. The van der Waals surface area contributed by atoms with Gasteiger partial charge in [0.05, 0.1) is 0 Å². The quantitative estimate of drug-likeness (QED) is 0.893. The van der Waals surface area contributed by atoms with E-state index >= 15 is 0 Å². The first-order chi connectivity index (χ1) is 9.56. The number of rotatable bonds is 2. The van der Waals surface area contributed by atoms with Gasteiger partial charge in [-0.25, -0.2) is 9.97 Å². The van der Waals surface area contributed by atoms with Gasteiger partial charge in [-0.3, -0.25) is 0 Å². The van der Waals surface area contributed by atoms with Crippen molar-refractivity contribution in [3.05, 3.63) is 17.6 Å². The molecule has 1 aromatic rings. The van der Waals surface area contributed by atoms with Crippen molar-refractivity contribution in [2.45, 2.75) is 63.7 Å². The molecule has 20 heavy (non-hydrogen) atoms. The smallest absolute Gasteiger partial charge is 0.133 e. The lowest BCUT2D eigenvalue weighted by atomic mass is 9.48. The topological polar surface area (TPSA) is 51.8 Å². The van der Waals surface area contributed by atoms with E-state index in [0.29, 0.717) is 11.3 Å². The normalized spacial score (nSPS) is 38.6. The van der Waals surface area contributed by atoms with Gasteiger partial charge in [-0.15, -0.1) is 0 Å². The van der Waals surface area contributed by atoms with Crippen molar-refractivity contribution >= 4 is 5.82 Å². The summed E-state index contributed by atoms with van der Waals surface area (Å²) in [4.78, 5) is 9.20. The van der Waals surface area contributed by atoms with Crippen molar-refractivity contribution in [2.75, 3.05) is 5.73 Å². The Labute approximate surface area is 121 Å². The minimum absolute atomic E-state index is 0.314. The lowest BCUT2D eigenvalue weighted by Crippen LogP contribution is -2.49. The Bertz CT molecular complexity index is 500. The molecule has 1 aromatic heterocycles. The van der Waals surface area contributed by atoms with Crippen LogP contribution >= 0.6 is 0 Å². The van der Waals surface area contributed by atoms with Gasteiger partial charge in [0.15, 0.2) is 0 Å². The number of nitrogen functional groups attached to an aromatic ring is 1. The number of nitrogens with two attached hydrogens (primary N) is 1. The van der Waals surface area contributed by atoms with Gasteiger partial charge in [-0.1, -0.05) is 13.8 Å². The van der Waals surface area contributed by atoms with Gasteiger partial charge in [0, 0.05) is 23.1 Å². The predicted octanol–water partition coefficient (Wildman–Crippen LogP) is 3.65. The maximum Gasteiger partial charge on any atom is 0.133 e. The molecule has 0 aliphatic heterocycles. The third-order valence-corrected chi connectivity index (χ3v) is 5.96. The van der Waals surface area contributed by atoms with Crippen LogP contribution in [0.3, 0.4) is 0 Å². The number of aromatic nitrogens is 2. The van der Waals surface area contributed by atoms with Crippen LogP contribution in [0.1, 0.15) is 69.7 Å². The first-order valence-corrected chi connectivity index (χ1v) is 8.18. The summed E-state index contributed by atoms with van der Waals surface area (Å²) in [5, 5.41) is 0. The fourth-order valence-electron chi connectivity index (χ4n) is 5.54. The average Bonchev–Trinajstić information content (AvgIpc) is 2.36. The van der Waals surface area contributed by atoms with Crippen LogP contribution in [0.15, 0.2) is 6.20 Å². The van der Waals surface area contributed by atoms with Crippen molar-refractivity contribution in [3.63, 3.8) is 0 Å². The molecule has 4 saturated carbocycles. The summed E-state index contributed by atoms with van der Waals surface area (Å²) in [6, 6.07) is 0. The Hall–Kier alpha value is -1.12. The van der Waals surface area contributed by atoms with Crippen molar-refractivity contribution < 1.29 is 0 Å². The molecule has 4 aliphatic carbocycles. The lowest BCUT2D eigenvalue weighted by Gasteiger charge is -2.57. The van der Waals surface area contributed by atoms with Crippen LogP contribution in [0.2, 0.25) is 0 Å². The van der Waals surface area contributed by atoms with E-state index in [1.54, 1.807) is 0 Å². The predicted molar refractivity (Wildman–Crippen MR) is 80.4 cm³/mol. The summed E-state index contributed by atoms with van der Waals surface area (Å²) >= 11 is 0. The second kappa shape index (κ2) is 4.19. The average molecular weight is 271 g/mol. The van der Waals surface area contributed by atoms with Crippen molar-refractivity contribution in [2.24, 2.45) is 17.8 Å². The van der Waals surface area contributed by atoms with Gasteiger partial charge >= 0.3 is 0 Å². The molecule has 4 fully saturated rings. The van der Waals surface area contributed by atoms with Gasteiger partial charge in [0.25, 0.3) is 0 Å². The second-order valence-electron chi connectivity index (χ2n) is 7.88. The molecule has 0 spiro atoms. The third kappa shape index (κ3) is 1.78. The summed E-state index contributed by atoms with van der Waals surface area (Å²) in [7, 11) is 0. The zero-order valence-corrected chi connectivity index (χ0v) is 12.6. The summed E-state index contributed by atoms with van der Waals surface area (Å²) < 4.78 is 0. The number of hydrogen-bond acceptors (Lipinski definition) is 3. The van der Waals surface area contributed by atoms with E-state index in [0.717, 1.165) is 29.4 Å². The van der Waals surface area contributed by atoms with Crippen molar-refractivity contribution in [1.29, 1.82) is 0 Å². The molecule has 4 aliphatic rings. The molecule has 0 atom stereocenters. The van der Waals surface area contributed by atoms with Crippen LogP contribution in [0, 0.1) is 17.8 Å². The fraction of sp³-hybridized carbons (Fsp3) is 0.765. The second-order valence-corrected chi connectivity index (χ2v) is 7.88. The highest BCUT2D eigenvalue weighted by Gasteiger charge is 2.52. The van der Waals surface area contributed by atoms with E-state index in [-0.39, 0.29) is 0 Å². The van der Waals surface area contributed by atoms with E-state index in [1.165, 1.54) is 44.1 Å². The first-order valence-electron chi connectivity index (χ1n) is 8.18. The van der Waals surface area contributed by atoms with Gasteiger partial charge in [0.2, 0.25) is 0 Å². The Morgan fingerprint density at radius 1 is 1.10 bits per heavy atom. The standard InChI is InChI=1S/C17H25N3/c1-10(2)16-19-9-14(15(18)20-16)17-6-11-3-12(7-17)5-13(4-11)8-17/h9-13H,3-8H2,1-2H3,(H2,18,19,20). The monoisotopic (exact) mass is 271 g/mol. The van der Waals surface area contributed by atoms with Gasteiger partial charge in [-0.2, -0.15) is 0 Å². The lowest BCUT2D eigenvalue weighted by molar-refractivity contribution is -0.00513. The van der Waals surface area contributed by atoms with E-state index < -0.39 is 0 Å². The van der Waals surface area contributed by atoms with Crippen LogP contribution in [0.4, 0.5) is 5.82 Å². The molecule has 0 amide bonds. The Kier molecular flexibility index (Phi) is 2.64. The maximum absolute atomic E-state index is 6.33. The van der Waals surface area contributed by atoms with Crippen LogP contribution < -0.4 is 5.73 Å². The Morgan fingerprint density at radius 2 is 1.65 bits per heavy atom. The summed E-state index contributed by atoms with van der Waals surface area (Å²) in [5.41, 5.74) is 7.91. The van der Waals surface area contributed by atoms with Gasteiger partial charge < -0.3 is 5.73 Å². The Balaban J connectivity index is 1.73. The zero-order chi connectivity index (χ0) is 13.9. The van der Waals surface area contributed by atoms with Crippen molar-refractivity contribution in [1.82, 2.24) is 9.97 Å². The maximum atomic E-state index is 6.33. The highest BCUT2D eigenvalue weighted by atomic mass is 15.0. The molecule has 5 rings (SSSR count). The molecular formula is C17H25N3. The highest BCUT2D eigenvalue weighted by Crippen LogP contribution is 2.61. The molecule has 2 N–H and O–H groups in total. The Morgan fingerprint density at radius 3 is 2.10 bits per heavy atom. The van der Waals surface area contributed by atoms with Crippen molar-refractivity contribution in [3.8, 4) is 0 Å². The van der Waals surface area contributed by atoms with Gasteiger partial charge in [-0.05, 0) is 56.3 Å². The molecule has 0 aromatic carbocycles. The van der Waals surface area contributed by atoms with E-state index in [4.69, 9.17) is 5.73 Å². The minimum atomic E-state index is 0.314. The molecule has 1 heterocycles. The zero-order valence-electron chi connectivity index (χ0n) is 12.6. The molecule has 108 valence electrons. The van der Waals surface area contributed by atoms with E-state index in [1.807, 2.05) is 0 Å². The minimum Gasteiger partial charge on any atom is -0.383 e. The molecule has 0 saturated heterocycles. The molecular weight excluding hydrogens is 246 g/mol. The summed E-state index contributed by atoms with van der Waals surface area (Å²) in [6.07, 6.45) is 10.4. The van der Waals surface area contributed by atoms with E-state index in [9.17, 15) is 0 Å². The highest BCUT2D eigenvalue weighted by molar-refractivity contribution is 5.45. The molecule has 3 heteroatoms. The van der Waals surface area contributed by atoms with Crippen LogP contribution in [0.5, 0.6) is 0 Å². The number of nitrogens with zero attached hydrogens (tertiary/aromatic N) is 2. The van der Waals surface area contributed by atoms with Gasteiger partial charge in [0.1, 0.15) is 11.6 Å². The van der Waals surface area contributed by atoms with Crippen LogP contribution in [-0.4, -0.2) is 9.97 Å². The number of anilines is 1. The van der Waals surface area contributed by atoms with Crippen LogP contribution in [0.25, 0.3) is 0 Å².